The lowest BCUT2D eigenvalue weighted by Gasteiger charge is -2.36. The van der Waals surface area contributed by atoms with Gasteiger partial charge in [0.15, 0.2) is 0 Å². The fourth-order valence-corrected chi connectivity index (χ4v) is 4.11. The molecule has 1 saturated carbocycles. The molecule has 1 aromatic heterocycles. The van der Waals surface area contributed by atoms with Crippen LogP contribution >= 0.6 is 0 Å². The Morgan fingerprint density at radius 2 is 1.62 bits per heavy atom. The second-order valence-electron chi connectivity index (χ2n) is 7.19. The highest BCUT2D eigenvalue weighted by molar-refractivity contribution is 6.06. The maximum atomic E-state index is 13.0. The van der Waals surface area contributed by atoms with Gasteiger partial charge in [-0.2, -0.15) is 0 Å². The zero-order chi connectivity index (χ0) is 18.1. The Balaban J connectivity index is 1.49. The maximum absolute atomic E-state index is 13.0. The van der Waals surface area contributed by atoms with Crippen molar-refractivity contribution in [3.63, 3.8) is 0 Å². The molecule has 2 heterocycles. The fraction of sp³-hybridized carbons (Fsp3) is 0.450. The number of carbonyl (C=O) groups excluding carboxylic acids is 2. The van der Waals surface area contributed by atoms with Crippen molar-refractivity contribution in [2.45, 2.75) is 25.7 Å². The van der Waals surface area contributed by atoms with Crippen molar-refractivity contribution in [3.8, 4) is 0 Å². The first-order valence-electron chi connectivity index (χ1n) is 9.33. The van der Waals surface area contributed by atoms with E-state index in [1.54, 1.807) is 11.0 Å². The van der Waals surface area contributed by atoms with Crippen LogP contribution in [-0.2, 0) is 4.79 Å². The molecule has 6 nitrogen and oxygen atoms in total. The van der Waals surface area contributed by atoms with Crippen LogP contribution in [0.4, 0.5) is 0 Å². The maximum Gasteiger partial charge on any atom is 0.254 e. The first-order chi connectivity index (χ1) is 12.6. The lowest BCUT2D eigenvalue weighted by molar-refractivity contribution is -0.136. The number of aromatic nitrogens is 1. The van der Waals surface area contributed by atoms with Gasteiger partial charge in [0.2, 0.25) is 11.5 Å². The molecule has 1 aliphatic carbocycles. The standard InChI is InChI=1S/C20H23N3O3/c24-18-13-16(15-7-3-4-8-17(15)21-18)20(26)23-11-9-22(10-12-23)19(25)14-5-1-2-6-14/h3-4,7-8,13-14H,1-2,5-6,9-12H2,(H,21,24). The number of piperazine rings is 1. The minimum atomic E-state index is -0.276. The first-order valence-corrected chi connectivity index (χ1v) is 9.33. The second kappa shape index (κ2) is 6.94. The molecule has 6 heteroatoms. The zero-order valence-corrected chi connectivity index (χ0v) is 14.7. The Kier molecular flexibility index (Phi) is 4.49. The summed E-state index contributed by atoms with van der Waals surface area (Å²) in [6, 6.07) is 8.71. The molecule has 26 heavy (non-hydrogen) atoms. The number of hydrogen-bond donors (Lipinski definition) is 1. The number of nitrogens with one attached hydrogen (secondary N) is 1. The molecule has 4 rings (SSSR count). The lowest BCUT2D eigenvalue weighted by atomic mass is 10.1. The van der Waals surface area contributed by atoms with Crippen LogP contribution in [0.1, 0.15) is 36.0 Å². The molecule has 0 unspecified atom stereocenters. The van der Waals surface area contributed by atoms with E-state index in [1.165, 1.54) is 6.07 Å². The summed E-state index contributed by atoms with van der Waals surface area (Å²) >= 11 is 0. The average Bonchev–Trinajstić information content (AvgIpc) is 3.21. The van der Waals surface area contributed by atoms with Gasteiger partial charge in [0.05, 0.1) is 5.56 Å². The summed E-state index contributed by atoms with van der Waals surface area (Å²) in [6.45, 7) is 2.17. The monoisotopic (exact) mass is 353 g/mol. The SMILES string of the molecule is O=C(c1cc(=O)[nH]c2ccccc12)N1CCN(C(=O)C2CCCC2)CC1. The predicted molar refractivity (Wildman–Crippen MR) is 99.0 cm³/mol. The highest BCUT2D eigenvalue weighted by Crippen LogP contribution is 2.27. The van der Waals surface area contributed by atoms with Gasteiger partial charge in [-0.3, -0.25) is 14.4 Å². The van der Waals surface area contributed by atoms with Crippen molar-refractivity contribution in [3.05, 3.63) is 46.2 Å². The van der Waals surface area contributed by atoms with Crippen LogP contribution in [0.3, 0.4) is 0 Å². The number of nitrogens with zero attached hydrogens (tertiary/aromatic N) is 2. The molecule has 2 aliphatic rings. The molecule has 0 atom stereocenters. The number of aromatic amines is 1. The molecular weight excluding hydrogens is 330 g/mol. The predicted octanol–water partition coefficient (Wildman–Crippen LogP) is 2.00. The van der Waals surface area contributed by atoms with Gasteiger partial charge >= 0.3 is 0 Å². The van der Waals surface area contributed by atoms with E-state index in [0.717, 1.165) is 31.1 Å². The number of hydrogen-bond acceptors (Lipinski definition) is 3. The molecule has 1 aliphatic heterocycles. The molecule has 2 amide bonds. The van der Waals surface area contributed by atoms with Crippen LogP contribution in [0, 0.1) is 5.92 Å². The van der Waals surface area contributed by atoms with Gasteiger partial charge in [-0.1, -0.05) is 31.0 Å². The Hall–Kier alpha value is -2.63. The van der Waals surface area contributed by atoms with Gasteiger partial charge in [-0.25, -0.2) is 0 Å². The van der Waals surface area contributed by atoms with Crippen molar-refractivity contribution in [2.24, 2.45) is 5.92 Å². The van der Waals surface area contributed by atoms with E-state index in [9.17, 15) is 14.4 Å². The summed E-state index contributed by atoms with van der Waals surface area (Å²) < 4.78 is 0. The van der Waals surface area contributed by atoms with E-state index in [-0.39, 0.29) is 23.3 Å². The highest BCUT2D eigenvalue weighted by Gasteiger charge is 2.31. The van der Waals surface area contributed by atoms with Crippen LogP contribution < -0.4 is 5.56 Å². The van der Waals surface area contributed by atoms with Crippen molar-refractivity contribution in [1.29, 1.82) is 0 Å². The normalized spacial score (nSPS) is 18.5. The molecule has 2 aromatic rings. The van der Waals surface area contributed by atoms with Crippen molar-refractivity contribution >= 4 is 22.7 Å². The van der Waals surface area contributed by atoms with Crippen molar-refractivity contribution < 1.29 is 9.59 Å². The van der Waals surface area contributed by atoms with Crippen LogP contribution in [0.2, 0.25) is 0 Å². The topological polar surface area (TPSA) is 73.5 Å². The van der Waals surface area contributed by atoms with Crippen LogP contribution in [0.25, 0.3) is 10.9 Å². The van der Waals surface area contributed by atoms with Crippen LogP contribution in [-0.4, -0.2) is 52.8 Å². The van der Waals surface area contributed by atoms with Gasteiger partial charge in [-0.05, 0) is 18.9 Å². The van der Waals surface area contributed by atoms with Gasteiger partial charge < -0.3 is 14.8 Å². The zero-order valence-electron chi connectivity index (χ0n) is 14.7. The highest BCUT2D eigenvalue weighted by atomic mass is 16.2. The third-order valence-corrected chi connectivity index (χ3v) is 5.56. The molecule has 1 N–H and O–H groups in total. The summed E-state index contributed by atoms with van der Waals surface area (Å²) in [5.74, 6) is 0.283. The summed E-state index contributed by atoms with van der Waals surface area (Å²) in [6.07, 6.45) is 4.28. The van der Waals surface area contributed by atoms with Crippen LogP contribution in [0.15, 0.2) is 35.1 Å². The van der Waals surface area contributed by atoms with Gasteiger partial charge in [0, 0.05) is 49.1 Å². The molecule has 1 aromatic carbocycles. The average molecular weight is 353 g/mol. The van der Waals surface area contributed by atoms with E-state index in [1.807, 2.05) is 23.1 Å². The Morgan fingerprint density at radius 3 is 2.35 bits per heavy atom. The number of pyridine rings is 1. The molecule has 0 spiro atoms. The number of carbonyl (C=O) groups is 2. The number of benzene rings is 1. The minimum Gasteiger partial charge on any atom is -0.339 e. The molecule has 1 saturated heterocycles. The molecule has 136 valence electrons. The molecule has 0 radical (unpaired) electrons. The number of fused-ring (bicyclic) bond motifs is 1. The van der Waals surface area contributed by atoms with E-state index in [0.29, 0.717) is 37.3 Å². The van der Waals surface area contributed by atoms with E-state index >= 15 is 0 Å². The summed E-state index contributed by atoms with van der Waals surface area (Å²) in [5, 5.41) is 0.751. The van der Waals surface area contributed by atoms with E-state index in [4.69, 9.17) is 0 Å². The Bertz CT molecular complexity index is 891. The number of rotatable bonds is 2. The third kappa shape index (κ3) is 3.11. The summed E-state index contributed by atoms with van der Waals surface area (Å²) in [4.78, 5) is 43.8. The van der Waals surface area contributed by atoms with Crippen molar-refractivity contribution in [1.82, 2.24) is 14.8 Å². The summed E-state index contributed by atoms with van der Waals surface area (Å²) in [5.41, 5.74) is 0.820. The molecular formula is C20H23N3O3. The quantitative estimate of drug-likeness (QED) is 0.897. The van der Waals surface area contributed by atoms with Crippen molar-refractivity contribution in [2.75, 3.05) is 26.2 Å². The number of amides is 2. The smallest absolute Gasteiger partial charge is 0.254 e. The van der Waals surface area contributed by atoms with Crippen LogP contribution in [0.5, 0.6) is 0 Å². The summed E-state index contributed by atoms with van der Waals surface area (Å²) in [7, 11) is 0. The second-order valence-corrected chi connectivity index (χ2v) is 7.19. The van der Waals surface area contributed by atoms with Gasteiger partial charge in [-0.15, -0.1) is 0 Å². The fourth-order valence-electron chi connectivity index (χ4n) is 4.11. The number of H-pyrrole nitrogens is 1. The Labute approximate surface area is 151 Å². The number of para-hydroxylation sites is 1. The minimum absolute atomic E-state index is 0.139. The van der Waals surface area contributed by atoms with Gasteiger partial charge in [0.1, 0.15) is 0 Å². The Morgan fingerprint density at radius 1 is 0.962 bits per heavy atom. The largest absolute Gasteiger partial charge is 0.339 e. The first kappa shape index (κ1) is 16.8. The van der Waals surface area contributed by atoms with E-state index < -0.39 is 0 Å². The third-order valence-electron chi connectivity index (χ3n) is 5.56. The molecule has 0 bridgehead atoms. The van der Waals surface area contributed by atoms with E-state index in [2.05, 4.69) is 4.98 Å². The van der Waals surface area contributed by atoms with Gasteiger partial charge in [0.25, 0.3) is 5.91 Å². The lowest BCUT2D eigenvalue weighted by Crippen LogP contribution is -2.51. The molecule has 2 fully saturated rings.